The number of hydrogen-bond acceptors (Lipinski definition) is 4. The summed E-state index contributed by atoms with van der Waals surface area (Å²) in [5.74, 6) is 0.704. The van der Waals surface area contributed by atoms with Crippen LogP contribution in [0.1, 0.15) is 25.0 Å². The molecular formula is C15H23NO4S. The minimum atomic E-state index is -3.52. The van der Waals surface area contributed by atoms with Crippen LogP contribution in [-0.2, 0) is 14.8 Å². The van der Waals surface area contributed by atoms with E-state index >= 15 is 0 Å². The Hall–Kier alpha value is -1.11. The molecule has 0 spiro atoms. The molecule has 1 aromatic carbocycles. The Labute approximate surface area is 126 Å². The third kappa shape index (κ3) is 2.93. The predicted molar refractivity (Wildman–Crippen MR) is 81.2 cm³/mol. The normalized spacial score (nSPS) is 24.0. The highest BCUT2D eigenvalue weighted by molar-refractivity contribution is 7.89. The molecule has 0 amide bonds. The van der Waals surface area contributed by atoms with Gasteiger partial charge in [-0.05, 0) is 51.0 Å². The van der Waals surface area contributed by atoms with Gasteiger partial charge in [0.1, 0.15) is 5.75 Å². The summed E-state index contributed by atoms with van der Waals surface area (Å²) in [6.07, 6.45) is -0.104. The van der Waals surface area contributed by atoms with Crippen molar-refractivity contribution in [2.75, 3.05) is 20.3 Å². The maximum absolute atomic E-state index is 12.9. The molecular weight excluding hydrogens is 290 g/mol. The van der Waals surface area contributed by atoms with E-state index in [4.69, 9.17) is 9.47 Å². The van der Waals surface area contributed by atoms with E-state index in [1.807, 2.05) is 20.8 Å². The van der Waals surface area contributed by atoms with E-state index in [-0.39, 0.29) is 12.1 Å². The molecule has 0 aliphatic carbocycles. The number of hydrogen-bond donors (Lipinski definition) is 0. The summed E-state index contributed by atoms with van der Waals surface area (Å²) in [6, 6.07) is 3.29. The second-order valence-corrected chi connectivity index (χ2v) is 7.38. The highest BCUT2D eigenvalue weighted by atomic mass is 32.2. The minimum Gasteiger partial charge on any atom is -0.496 e. The molecule has 0 aromatic heterocycles. The zero-order valence-electron chi connectivity index (χ0n) is 13.2. The van der Waals surface area contributed by atoms with Crippen molar-refractivity contribution >= 4 is 10.0 Å². The second-order valence-electron chi connectivity index (χ2n) is 5.52. The Morgan fingerprint density at radius 3 is 2.52 bits per heavy atom. The summed E-state index contributed by atoms with van der Waals surface area (Å²) in [4.78, 5) is 0.349. The zero-order chi connectivity index (χ0) is 15.8. The lowest BCUT2D eigenvalue weighted by Crippen LogP contribution is -2.51. The fourth-order valence-corrected chi connectivity index (χ4v) is 4.60. The standard InChI is InChI=1S/C15H23NO4S/c1-10-9-15(11(2)8-14(10)19-5)21(17,18)16-6-7-20-13(4)12(16)3/h8-9,12-13H,6-7H2,1-5H3. The van der Waals surface area contributed by atoms with Crippen LogP contribution < -0.4 is 4.74 Å². The Kier molecular flexibility index (Phi) is 4.60. The molecule has 0 N–H and O–H groups in total. The van der Waals surface area contributed by atoms with Crippen LogP contribution in [-0.4, -0.2) is 45.1 Å². The van der Waals surface area contributed by atoms with Gasteiger partial charge in [0, 0.05) is 12.6 Å². The number of rotatable bonds is 3. The maximum atomic E-state index is 12.9. The van der Waals surface area contributed by atoms with E-state index in [0.717, 1.165) is 5.56 Å². The molecule has 1 aromatic rings. The van der Waals surface area contributed by atoms with Crippen LogP contribution in [0.5, 0.6) is 5.75 Å². The van der Waals surface area contributed by atoms with E-state index in [1.54, 1.807) is 26.2 Å². The SMILES string of the molecule is COc1cc(C)c(S(=O)(=O)N2CCOC(C)C2C)cc1C. The lowest BCUT2D eigenvalue weighted by Gasteiger charge is -2.37. The lowest BCUT2D eigenvalue weighted by atomic mass is 10.1. The van der Waals surface area contributed by atoms with E-state index < -0.39 is 10.0 Å². The molecule has 1 heterocycles. The molecule has 1 saturated heterocycles. The number of benzene rings is 1. The van der Waals surface area contributed by atoms with Gasteiger partial charge in [-0.1, -0.05) is 0 Å². The molecule has 1 fully saturated rings. The van der Waals surface area contributed by atoms with E-state index in [9.17, 15) is 8.42 Å². The summed E-state index contributed by atoms with van der Waals surface area (Å²) >= 11 is 0. The molecule has 0 saturated carbocycles. The smallest absolute Gasteiger partial charge is 0.243 e. The first kappa shape index (κ1) is 16.3. The second kappa shape index (κ2) is 5.94. The lowest BCUT2D eigenvalue weighted by molar-refractivity contribution is -0.0232. The molecule has 2 rings (SSSR count). The molecule has 2 unspecified atom stereocenters. The number of aryl methyl sites for hydroxylation is 2. The van der Waals surface area contributed by atoms with Crippen LogP contribution in [0.4, 0.5) is 0 Å². The van der Waals surface area contributed by atoms with Gasteiger partial charge in [0.05, 0.1) is 24.7 Å². The first-order valence-corrected chi connectivity index (χ1v) is 8.51. The van der Waals surface area contributed by atoms with E-state index in [2.05, 4.69) is 0 Å². The molecule has 6 heteroatoms. The first-order valence-electron chi connectivity index (χ1n) is 7.07. The van der Waals surface area contributed by atoms with E-state index in [0.29, 0.717) is 29.4 Å². The highest BCUT2D eigenvalue weighted by Gasteiger charge is 2.36. The summed E-state index contributed by atoms with van der Waals surface area (Å²) in [6.45, 7) is 8.24. The van der Waals surface area contributed by atoms with Crippen molar-refractivity contribution in [3.8, 4) is 5.75 Å². The van der Waals surface area contributed by atoms with Crippen molar-refractivity contribution < 1.29 is 17.9 Å². The summed E-state index contributed by atoms with van der Waals surface area (Å²) in [7, 11) is -1.94. The van der Waals surface area contributed by atoms with Crippen molar-refractivity contribution in [1.82, 2.24) is 4.31 Å². The fourth-order valence-electron chi connectivity index (χ4n) is 2.63. The minimum absolute atomic E-state index is 0.104. The molecule has 1 aliphatic heterocycles. The third-order valence-electron chi connectivity index (χ3n) is 4.11. The van der Waals surface area contributed by atoms with Gasteiger partial charge in [0.15, 0.2) is 0 Å². The van der Waals surface area contributed by atoms with Gasteiger partial charge in [-0.25, -0.2) is 8.42 Å². The highest BCUT2D eigenvalue weighted by Crippen LogP contribution is 2.30. The molecule has 0 bridgehead atoms. The average molecular weight is 313 g/mol. The number of ether oxygens (including phenoxy) is 2. The molecule has 5 nitrogen and oxygen atoms in total. The van der Waals surface area contributed by atoms with Crippen LogP contribution in [0.25, 0.3) is 0 Å². The molecule has 0 radical (unpaired) electrons. The number of morpholine rings is 1. The van der Waals surface area contributed by atoms with Crippen LogP contribution >= 0.6 is 0 Å². The molecule has 118 valence electrons. The monoisotopic (exact) mass is 313 g/mol. The van der Waals surface area contributed by atoms with Crippen LogP contribution in [0.3, 0.4) is 0 Å². The summed E-state index contributed by atoms with van der Waals surface area (Å²) < 4.78 is 38.2. The van der Waals surface area contributed by atoms with Crippen molar-refractivity contribution in [3.05, 3.63) is 23.3 Å². The van der Waals surface area contributed by atoms with Crippen LogP contribution in [0.15, 0.2) is 17.0 Å². The van der Waals surface area contributed by atoms with Crippen molar-refractivity contribution in [1.29, 1.82) is 0 Å². The largest absolute Gasteiger partial charge is 0.496 e. The Balaban J connectivity index is 2.47. The average Bonchev–Trinajstić information content (AvgIpc) is 2.43. The molecule has 2 atom stereocenters. The quantitative estimate of drug-likeness (QED) is 0.857. The van der Waals surface area contributed by atoms with Crippen molar-refractivity contribution in [2.45, 2.75) is 44.7 Å². The number of methoxy groups -OCH3 is 1. The Morgan fingerprint density at radius 1 is 1.24 bits per heavy atom. The third-order valence-corrected chi connectivity index (χ3v) is 6.23. The van der Waals surface area contributed by atoms with Gasteiger partial charge in [-0.3, -0.25) is 0 Å². The predicted octanol–water partition coefficient (Wildman–Crippen LogP) is 2.11. The molecule has 21 heavy (non-hydrogen) atoms. The van der Waals surface area contributed by atoms with Gasteiger partial charge < -0.3 is 9.47 Å². The van der Waals surface area contributed by atoms with Gasteiger partial charge in [-0.2, -0.15) is 4.31 Å². The van der Waals surface area contributed by atoms with E-state index in [1.165, 1.54) is 4.31 Å². The van der Waals surface area contributed by atoms with Crippen LogP contribution in [0, 0.1) is 13.8 Å². The van der Waals surface area contributed by atoms with Gasteiger partial charge in [0.2, 0.25) is 10.0 Å². The fraction of sp³-hybridized carbons (Fsp3) is 0.600. The number of nitrogens with zero attached hydrogens (tertiary/aromatic N) is 1. The Morgan fingerprint density at radius 2 is 1.90 bits per heavy atom. The first-order chi connectivity index (χ1) is 9.78. The van der Waals surface area contributed by atoms with Crippen molar-refractivity contribution in [2.24, 2.45) is 0 Å². The van der Waals surface area contributed by atoms with Crippen molar-refractivity contribution in [3.63, 3.8) is 0 Å². The van der Waals surface area contributed by atoms with Gasteiger partial charge in [0.25, 0.3) is 0 Å². The zero-order valence-corrected chi connectivity index (χ0v) is 14.0. The van der Waals surface area contributed by atoms with Gasteiger partial charge in [-0.15, -0.1) is 0 Å². The molecule has 1 aliphatic rings. The summed E-state index contributed by atoms with van der Waals surface area (Å²) in [5.41, 5.74) is 1.51. The Bertz CT molecular complexity index is 627. The van der Waals surface area contributed by atoms with Gasteiger partial charge >= 0.3 is 0 Å². The number of sulfonamides is 1. The van der Waals surface area contributed by atoms with Crippen LogP contribution in [0.2, 0.25) is 0 Å². The topological polar surface area (TPSA) is 55.8 Å². The summed E-state index contributed by atoms with van der Waals surface area (Å²) in [5, 5.41) is 0. The maximum Gasteiger partial charge on any atom is 0.243 e.